The van der Waals surface area contributed by atoms with Crippen LogP contribution in [0.2, 0.25) is 0 Å². The van der Waals surface area contributed by atoms with Crippen LogP contribution in [0.4, 0.5) is 0 Å². The van der Waals surface area contributed by atoms with E-state index < -0.39 is 0 Å². The Labute approximate surface area is 118 Å². The van der Waals surface area contributed by atoms with Crippen LogP contribution in [0.3, 0.4) is 0 Å². The standard InChI is InChI=1S/C15H19N3O2/c1-3-20-10-15(19)16-8-13-4-6-14(7-5-13)18-9-12(2)17-11-18/h4-7,9,11H,3,8,10H2,1-2H3,(H,16,19). The summed E-state index contributed by atoms with van der Waals surface area (Å²) in [6.45, 7) is 4.99. The zero-order valence-corrected chi connectivity index (χ0v) is 11.8. The highest BCUT2D eigenvalue weighted by Gasteiger charge is 2.02. The Hall–Kier alpha value is -2.14. The van der Waals surface area contributed by atoms with Gasteiger partial charge in [0, 0.05) is 25.0 Å². The first-order chi connectivity index (χ1) is 9.69. The Balaban J connectivity index is 1.90. The van der Waals surface area contributed by atoms with Crippen molar-refractivity contribution in [2.24, 2.45) is 0 Å². The average molecular weight is 273 g/mol. The molecule has 0 aliphatic heterocycles. The molecule has 0 aliphatic carbocycles. The first kappa shape index (κ1) is 14.3. The third-order valence-electron chi connectivity index (χ3n) is 2.87. The maximum absolute atomic E-state index is 11.4. The Bertz CT molecular complexity index is 561. The Morgan fingerprint density at radius 2 is 2.10 bits per heavy atom. The number of carbonyl (C=O) groups is 1. The number of hydrogen-bond donors (Lipinski definition) is 1. The second-order valence-electron chi connectivity index (χ2n) is 4.50. The molecule has 1 N–H and O–H groups in total. The van der Waals surface area contributed by atoms with Crippen molar-refractivity contribution in [1.29, 1.82) is 0 Å². The van der Waals surface area contributed by atoms with Gasteiger partial charge in [0.2, 0.25) is 5.91 Å². The van der Waals surface area contributed by atoms with Crippen LogP contribution >= 0.6 is 0 Å². The predicted molar refractivity (Wildman–Crippen MR) is 76.6 cm³/mol. The first-order valence-electron chi connectivity index (χ1n) is 6.63. The lowest BCUT2D eigenvalue weighted by Gasteiger charge is -2.07. The minimum absolute atomic E-state index is 0.0961. The van der Waals surface area contributed by atoms with Crippen molar-refractivity contribution in [2.45, 2.75) is 20.4 Å². The number of benzene rings is 1. The fourth-order valence-electron chi connectivity index (χ4n) is 1.79. The average Bonchev–Trinajstić information content (AvgIpc) is 2.90. The maximum atomic E-state index is 11.4. The molecule has 1 aromatic carbocycles. The van der Waals surface area contributed by atoms with E-state index in [1.54, 1.807) is 6.33 Å². The van der Waals surface area contributed by atoms with E-state index in [-0.39, 0.29) is 12.5 Å². The van der Waals surface area contributed by atoms with Crippen LogP contribution in [0.5, 0.6) is 0 Å². The number of aryl methyl sites for hydroxylation is 1. The number of imidazole rings is 1. The molecule has 2 rings (SSSR count). The molecule has 0 spiro atoms. The van der Waals surface area contributed by atoms with E-state index >= 15 is 0 Å². The van der Waals surface area contributed by atoms with Crippen LogP contribution in [0.1, 0.15) is 18.2 Å². The lowest BCUT2D eigenvalue weighted by atomic mass is 10.2. The second kappa shape index (κ2) is 6.86. The summed E-state index contributed by atoms with van der Waals surface area (Å²) in [6, 6.07) is 7.99. The van der Waals surface area contributed by atoms with E-state index in [1.165, 1.54) is 0 Å². The highest BCUT2D eigenvalue weighted by atomic mass is 16.5. The van der Waals surface area contributed by atoms with Crippen LogP contribution < -0.4 is 5.32 Å². The van der Waals surface area contributed by atoms with Crippen LogP contribution in [0.25, 0.3) is 5.69 Å². The van der Waals surface area contributed by atoms with E-state index in [0.29, 0.717) is 13.2 Å². The molecule has 0 saturated carbocycles. The highest BCUT2D eigenvalue weighted by molar-refractivity contribution is 5.77. The molecule has 0 atom stereocenters. The van der Waals surface area contributed by atoms with Crippen molar-refractivity contribution in [2.75, 3.05) is 13.2 Å². The minimum atomic E-state index is -0.0961. The van der Waals surface area contributed by atoms with Crippen molar-refractivity contribution >= 4 is 5.91 Å². The van der Waals surface area contributed by atoms with Gasteiger partial charge in [0.25, 0.3) is 0 Å². The van der Waals surface area contributed by atoms with E-state index in [4.69, 9.17) is 4.74 Å². The van der Waals surface area contributed by atoms with E-state index in [0.717, 1.165) is 16.9 Å². The zero-order valence-electron chi connectivity index (χ0n) is 11.8. The number of rotatable bonds is 6. The van der Waals surface area contributed by atoms with Crippen molar-refractivity contribution in [3.05, 3.63) is 48.0 Å². The number of ether oxygens (including phenoxy) is 1. The highest BCUT2D eigenvalue weighted by Crippen LogP contribution is 2.10. The Morgan fingerprint density at radius 1 is 1.35 bits per heavy atom. The fourth-order valence-corrected chi connectivity index (χ4v) is 1.79. The summed E-state index contributed by atoms with van der Waals surface area (Å²) in [6.07, 6.45) is 3.76. The molecule has 0 unspecified atom stereocenters. The molecular weight excluding hydrogens is 254 g/mol. The third kappa shape index (κ3) is 3.93. The summed E-state index contributed by atoms with van der Waals surface area (Å²) >= 11 is 0. The van der Waals surface area contributed by atoms with Gasteiger partial charge in [-0.2, -0.15) is 0 Å². The number of nitrogens with zero attached hydrogens (tertiary/aromatic N) is 2. The number of nitrogens with one attached hydrogen (secondary N) is 1. The molecule has 20 heavy (non-hydrogen) atoms. The van der Waals surface area contributed by atoms with Crippen LogP contribution in [-0.4, -0.2) is 28.7 Å². The number of aromatic nitrogens is 2. The molecule has 1 aromatic heterocycles. The number of amides is 1. The van der Waals surface area contributed by atoms with Crippen molar-refractivity contribution in [3.8, 4) is 5.69 Å². The normalized spacial score (nSPS) is 10.5. The van der Waals surface area contributed by atoms with E-state index in [2.05, 4.69) is 10.3 Å². The van der Waals surface area contributed by atoms with Crippen molar-refractivity contribution < 1.29 is 9.53 Å². The van der Waals surface area contributed by atoms with Crippen LogP contribution in [-0.2, 0) is 16.1 Å². The van der Waals surface area contributed by atoms with Gasteiger partial charge in [-0.15, -0.1) is 0 Å². The van der Waals surface area contributed by atoms with E-state index in [9.17, 15) is 4.79 Å². The van der Waals surface area contributed by atoms with Gasteiger partial charge in [-0.1, -0.05) is 12.1 Å². The molecule has 1 amide bonds. The molecular formula is C15H19N3O2. The van der Waals surface area contributed by atoms with Gasteiger partial charge < -0.3 is 14.6 Å². The van der Waals surface area contributed by atoms with Gasteiger partial charge in [-0.25, -0.2) is 4.98 Å². The van der Waals surface area contributed by atoms with Gasteiger partial charge in [0.05, 0.1) is 12.0 Å². The summed E-state index contributed by atoms with van der Waals surface area (Å²) in [7, 11) is 0. The number of carbonyl (C=O) groups excluding carboxylic acids is 1. The van der Waals surface area contributed by atoms with Gasteiger partial charge in [0.15, 0.2) is 0 Å². The molecule has 1 heterocycles. The molecule has 5 nitrogen and oxygen atoms in total. The monoisotopic (exact) mass is 273 g/mol. The maximum Gasteiger partial charge on any atom is 0.246 e. The molecule has 0 bridgehead atoms. The minimum Gasteiger partial charge on any atom is -0.372 e. The predicted octanol–water partition coefficient (Wildman–Crippen LogP) is 1.83. The van der Waals surface area contributed by atoms with Crippen LogP contribution in [0, 0.1) is 6.92 Å². The zero-order chi connectivity index (χ0) is 14.4. The van der Waals surface area contributed by atoms with Gasteiger partial charge in [-0.05, 0) is 31.5 Å². The summed E-state index contributed by atoms with van der Waals surface area (Å²) in [5.41, 5.74) is 3.09. The lowest BCUT2D eigenvalue weighted by molar-refractivity contribution is -0.125. The summed E-state index contributed by atoms with van der Waals surface area (Å²) in [5.74, 6) is -0.0961. The first-order valence-corrected chi connectivity index (χ1v) is 6.63. The van der Waals surface area contributed by atoms with Gasteiger partial charge in [0.1, 0.15) is 6.61 Å². The molecule has 5 heteroatoms. The topological polar surface area (TPSA) is 56.1 Å². The SMILES string of the molecule is CCOCC(=O)NCc1ccc(-n2cnc(C)c2)cc1. The van der Waals surface area contributed by atoms with Crippen molar-refractivity contribution in [3.63, 3.8) is 0 Å². The molecule has 106 valence electrons. The molecule has 2 aromatic rings. The van der Waals surface area contributed by atoms with Crippen LogP contribution in [0.15, 0.2) is 36.8 Å². The van der Waals surface area contributed by atoms with Gasteiger partial charge >= 0.3 is 0 Å². The third-order valence-corrected chi connectivity index (χ3v) is 2.87. The second-order valence-corrected chi connectivity index (χ2v) is 4.50. The Morgan fingerprint density at radius 3 is 2.70 bits per heavy atom. The van der Waals surface area contributed by atoms with Crippen molar-refractivity contribution in [1.82, 2.24) is 14.9 Å². The molecule has 0 aliphatic rings. The van der Waals surface area contributed by atoms with Gasteiger partial charge in [-0.3, -0.25) is 4.79 Å². The number of hydrogen-bond acceptors (Lipinski definition) is 3. The summed E-state index contributed by atoms with van der Waals surface area (Å²) < 4.78 is 7.01. The molecule has 0 saturated heterocycles. The van der Waals surface area contributed by atoms with E-state index in [1.807, 2.05) is 48.9 Å². The summed E-state index contributed by atoms with van der Waals surface area (Å²) in [5, 5.41) is 2.81. The molecule has 0 radical (unpaired) electrons. The fraction of sp³-hybridized carbons (Fsp3) is 0.333. The smallest absolute Gasteiger partial charge is 0.246 e. The summed E-state index contributed by atoms with van der Waals surface area (Å²) in [4.78, 5) is 15.6. The Kier molecular flexibility index (Phi) is 4.90. The lowest BCUT2D eigenvalue weighted by Crippen LogP contribution is -2.27. The largest absolute Gasteiger partial charge is 0.372 e. The quantitative estimate of drug-likeness (QED) is 0.873. The molecule has 0 fully saturated rings.